The average Bonchev–Trinajstić information content (AvgIpc) is 3.27. The second-order valence-corrected chi connectivity index (χ2v) is 13.2. The van der Waals surface area contributed by atoms with Crippen molar-refractivity contribution in [2.24, 2.45) is 0 Å². The molecule has 42 heavy (non-hydrogen) atoms. The van der Waals surface area contributed by atoms with Gasteiger partial charge in [0.15, 0.2) is 17.2 Å². The highest BCUT2D eigenvalue weighted by Crippen LogP contribution is 2.46. The monoisotopic (exact) mass is 690 g/mol. The Balaban J connectivity index is 1.43. The van der Waals surface area contributed by atoms with E-state index in [1.807, 2.05) is 18.2 Å². The zero-order valence-electron chi connectivity index (χ0n) is 22.1. The Morgan fingerprint density at radius 2 is 1.83 bits per heavy atom. The first-order valence-electron chi connectivity index (χ1n) is 12.5. The number of esters is 1. The molecule has 1 aromatic heterocycles. The zero-order valence-corrected chi connectivity index (χ0v) is 25.3. The van der Waals surface area contributed by atoms with Gasteiger partial charge in [-0.05, 0) is 58.1 Å². The van der Waals surface area contributed by atoms with E-state index in [0.717, 1.165) is 29.2 Å². The average molecular weight is 692 g/mol. The van der Waals surface area contributed by atoms with Crippen LogP contribution in [0, 0.1) is 0 Å². The predicted molar refractivity (Wildman–Crippen MR) is 154 cm³/mol. The van der Waals surface area contributed by atoms with E-state index in [1.165, 1.54) is 23.5 Å². The van der Waals surface area contributed by atoms with E-state index in [9.17, 15) is 31.2 Å². The molecule has 4 rings (SSSR count). The minimum atomic E-state index is -4.55. The third kappa shape index (κ3) is 7.62. The number of carboxylic acids is 1. The molecule has 0 saturated carbocycles. The summed E-state index contributed by atoms with van der Waals surface area (Å²) in [7, 11) is -2.60. The minimum absolute atomic E-state index is 0.0628. The highest BCUT2D eigenvalue weighted by Gasteiger charge is 2.32. The Labute approximate surface area is 252 Å². The van der Waals surface area contributed by atoms with Crippen LogP contribution in [0.4, 0.5) is 18.9 Å². The number of nitrogens with zero attached hydrogens (tertiary/aromatic N) is 1. The van der Waals surface area contributed by atoms with Gasteiger partial charge in [-0.15, -0.1) is 11.3 Å². The molecule has 0 amide bonds. The third-order valence-electron chi connectivity index (χ3n) is 6.47. The van der Waals surface area contributed by atoms with Crippen molar-refractivity contribution < 1.29 is 45.8 Å². The Kier molecular flexibility index (Phi) is 9.85. The van der Waals surface area contributed by atoms with Gasteiger partial charge in [0, 0.05) is 24.8 Å². The maximum absolute atomic E-state index is 13.0. The minimum Gasteiger partial charge on any atom is -0.479 e. The fourth-order valence-corrected chi connectivity index (χ4v) is 7.99. The number of carboxylic acid groups (broad SMARTS) is 1. The lowest BCUT2D eigenvalue weighted by atomic mass is 10.1. The van der Waals surface area contributed by atoms with Gasteiger partial charge in [0.2, 0.25) is 10.0 Å². The summed E-state index contributed by atoms with van der Waals surface area (Å²) in [5.41, 5.74) is 0.646. The van der Waals surface area contributed by atoms with E-state index in [0.29, 0.717) is 27.8 Å². The number of hydrogen-bond donors (Lipinski definition) is 2. The summed E-state index contributed by atoms with van der Waals surface area (Å²) in [5, 5.41) is 12.4. The highest BCUT2D eigenvalue weighted by molar-refractivity contribution is 9.10. The van der Waals surface area contributed by atoms with Gasteiger partial charge >= 0.3 is 18.1 Å². The molecule has 2 heterocycles. The summed E-state index contributed by atoms with van der Waals surface area (Å²) >= 11 is 4.50. The number of carbonyl (C=O) groups excluding carboxylic acids is 1. The van der Waals surface area contributed by atoms with Crippen LogP contribution in [0.25, 0.3) is 10.4 Å². The van der Waals surface area contributed by atoms with Crippen molar-refractivity contribution in [1.82, 2.24) is 4.31 Å². The van der Waals surface area contributed by atoms with Gasteiger partial charge in [-0.1, -0.05) is 30.3 Å². The van der Waals surface area contributed by atoms with Crippen molar-refractivity contribution in [3.8, 4) is 16.2 Å². The molecular weight excluding hydrogens is 665 g/mol. The molecule has 1 aliphatic heterocycles. The molecule has 1 saturated heterocycles. The van der Waals surface area contributed by atoms with Crippen LogP contribution < -0.4 is 10.1 Å². The van der Waals surface area contributed by atoms with Crippen molar-refractivity contribution in [2.75, 3.05) is 32.1 Å². The van der Waals surface area contributed by atoms with Gasteiger partial charge in [-0.3, -0.25) is 0 Å². The normalized spacial score (nSPS) is 14.9. The fraction of sp³-hybridized carbons (Fsp3) is 0.333. The van der Waals surface area contributed by atoms with Crippen molar-refractivity contribution in [2.45, 2.75) is 30.8 Å². The summed E-state index contributed by atoms with van der Waals surface area (Å²) < 4.78 is 76.8. The number of ether oxygens (including phenoxy) is 2. The van der Waals surface area contributed by atoms with Crippen LogP contribution >= 0.6 is 27.3 Å². The molecule has 1 fully saturated rings. The molecule has 1 aliphatic rings. The number of sulfonamides is 1. The van der Waals surface area contributed by atoms with Crippen LogP contribution in [-0.4, -0.2) is 62.6 Å². The summed E-state index contributed by atoms with van der Waals surface area (Å²) in [6, 6.07) is 11.6. The molecule has 9 nitrogen and oxygen atoms in total. The number of hydrogen-bond acceptors (Lipinski definition) is 8. The molecule has 3 aromatic rings. The van der Waals surface area contributed by atoms with Crippen LogP contribution in [0.5, 0.6) is 5.75 Å². The quantitative estimate of drug-likeness (QED) is 0.254. The van der Waals surface area contributed by atoms with E-state index in [4.69, 9.17) is 14.6 Å². The molecule has 0 spiro atoms. The summed E-state index contributed by atoms with van der Waals surface area (Å²) in [6.07, 6.45) is -3.59. The standard InChI is InChI=1S/C27H26BrF3N2O7S2/c1-39-26(36)25-23(40-14-21(34)35)22(28)24(41-25)17-5-3-7-20(13-17)32-19-8-10-33(11-9-19)42(37,38)15-16-4-2-6-18(12-16)27(29,30)31/h2-7,12-13,19,32H,8-11,14-15H2,1H3,(H,34,35). The molecule has 0 aliphatic carbocycles. The molecular formula is C27H26BrF3N2O7S2. The van der Waals surface area contributed by atoms with E-state index in [-0.39, 0.29) is 35.3 Å². The molecule has 0 radical (unpaired) electrons. The fourth-order valence-electron chi connectivity index (χ4n) is 4.48. The molecule has 15 heteroatoms. The lowest BCUT2D eigenvalue weighted by Gasteiger charge is -2.32. The third-order valence-corrected chi connectivity index (χ3v) is 10.5. The second-order valence-electron chi connectivity index (χ2n) is 9.43. The maximum atomic E-state index is 13.0. The summed E-state index contributed by atoms with van der Waals surface area (Å²) in [4.78, 5) is 24.0. The highest BCUT2D eigenvalue weighted by atomic mass is 79.9. The number of carbonyl (C=O) groups is 2. The van der Waals surface area contributed by atoms with Crippen LogP contribution in [0.15, 0.2) is 53.0 Å². The Morgan fingerprint density at radius 1 is 1.14 bits per heavy atom. The van der Waals surface area contributed by atoms with Crippen LogP contribution in [-0.2, 0) is 31.5 Å². The van der Waals surface area contributed by atoms with Gasteiger partial charge in [-0.2, -0.15) is 13.2 Å². The van der Waals surface area contributed by atoms with E-state index < -0.39 is 46.1 Å². The second kappa shape index (κ2) is 13.0. The SMILES string of the molecule is COC(=O)c1sc(-c2cccc(NC3CCN(S(=O)(=O)Cc4cccc(C(F)(F)F)c4)CC3)c2)c(Br)c1OCC(=O)O. The van der Waals surface area contributed by atoms with Gasteiger partial charge in [0.05, 0.1) is 27.8 Å². The number of anilines is 1. The van der Waals surface area contributed by atoms with E-state index in [2.05, 4.69) is 21.2 Å². The van der Waals surface area contributed by atoms with Crippen LogP contribution in [0.3, 0.4) is 0 Å². The molecule has 0 atom stereocenters. The van der Waals surface area contributed by atoms with Gasteiger partial charge in [0.25, 0.3) is 0 Å². The zero-order chi connectivity index (χ0) is 30.7. The van der Waals surface area contributed by atoms with Crippen molar-refractivity contribution >= 4 is 54.9 Å². The molecule has 0 unspecified atom stereocenters. The summed E-state index contributed by atoms with van der Waals surface area (Å²) in [5.74, 6) is -2.32. The lowest BCUT2D eigenvalue weighted by Crippen LogP contribution is -2.42. The Bertz CT molecular complexity index is 1570. The number of benzene rings is 2. The molecule has 226 valence electrons. The molecule has 0 bridgehead atoms. The molecule has 2 N–H and O–H groups in total. The van der Waals surface area contributed by atoms with Crippen LogP contribution in [0.2, 0.25) is 0 Å². The number of halogens is 4. The number of aliphatic carboxylic acids is 1. The largest absolute Gasteiger partial charge is 0.479 e. The molecule has 2 aromatic carbocycles. The lowest BCUT2D eigenvalue weighted by molar-refractivity contribution is -0.139. The number of nitrogens with one attached hydrogen (secondary N) is 1. The first-order chi connectivity index (χ1) is 19.8. The first kappa shape index (κ1) is 31.8. The van der Waals surface area contributed by atoms with Gasteiger partial charge < -0.3 is 19.9 Å². The maximum Gasteiger partial charge on any atom is 0.416 e. The van der Waals surface area contributed by atoms with Crippen molar-refractivity contribution in [3.05, 3.63) is 69.0 Å². The number of piperidine rings is 1. The van der Waals surface area contributed by atoms with Crippen LogP contribution in [0.1, 0.15) is 33.6 Å². The van der Waals surface area contributed by atoms with Crippen molar-refractivity contribution in [3.63, 3.8) is 0 Å². The Morgan fingerprint density at radius 3 is 2.48 bits per heavy atom. The van der Waals surface area contributed by atoms with Gasteiger partial charge in [-0.25, -0.2) is 22.3 Å². The summed E-state index contributed by atoms with van der Waals surface area (Å²) in [6.45, 7) is -0.224. The number of thiophene rings is 1. The Hall–Kier alpha value is -3.14. The first-order valence-corrected chi connectivity index (χ1v) is 15.8. The number of alkyl halides is 3. The smallest absolute Gasteiger partial charge is 0.416 e. The van der Waals surface area contributed by atoms with E-state index in [1.54, 1.807) is 6.07 Å². The van der Waals surface area contributed by atoms with E-state index >= 15 is 0 Å². The number of rotatable bonds is 10. The topological polar surface area (TPSA) is 122 Å². The van der Waals surface area contributed by atoms with Gasteiger partial charge in [0.1, 0.15) is 0 Å². The number of methoxy groups -OCH3 is 1. The predicted octanol–water partition coefficient (Wildman–Crippen LogP) is 5.85. The van der Waals surface area contributed by atoms with Crippen molar-refractivity contribution in [1.29, 1.82) is 0 Å².